The van der Waals surface area contributed by atoms with Crippen molar-refractivity contribution in [3.63, 3.8) is 0 Å². The Labute approximate surface area is 204 Å². The van der Waals surface area contributed by atoms with Gasteiger partial charge in [-0.05, 0) is 42.8 Å². The second-order valence-corrected chi connectivity index (χ2v) is 11.2. The molecule has 1 aromatic heterocycles. The topological polar surface area (TPSA) is 96.9 Å². The normalized spacial score (nSPS) is 16.5. The number of thiazole rings is 1. The van der Waals surface area contributed by atoms with Crippen LogP contribution in [0.5, 0.6) is 0 Å². The van der Waals surface area contributed by atoms with Gasteiger partial charge in [0.2, 0.25) is 0 Å². The number of hydrogen-bond acceptors (Lipinski definition) is 7. The Bertz CT molecular complexity index is 1410. The molecule has 0 bridgehead atoms. The zero-order valence-corrected chi connectivity index (χ0v) is 20.6. The van der Waals surface area contributed by atoms with Gasteiger partial charge in [-0.25, -0.2) is 27.0 Å². The maximum atomic E-state index is 14.2. The number of amides is 2. The van der Waals surface area contributed by atoms with E-state index in [1.807, 2.05) is 0 Å². The summed E-state index contributed by atoms with van der Waals surface area (Å²) in [6.07, 6.45) is 1.06. The summed E-state index contributed by atoms with van der Waals surface area (Å²) in [5, 5.41) is 0.144. The molecule has 2 aromatic carbocycles. The number of carbonyl (C=O) groups is 2. The van der Waals surface area contributed by atoms with Crippen molar-refractivity contribution in [2.24, 2.45) is 5.92 Å². The Balaban J connectivity index is 1.70. The standard InChI is InChI=1S/C23H21F2N3O5S2/c1-13-21(35(3,31)32)34-22(26-13)28-12-15(20(29)33-2)11-27(23(28)30)17-7-4-14(5-8-17)18-10-16(24)6-9-19(18)25/h4-10,15H,11-12H2,1-3H3. The van der Waals surface area contributed by atoms with Crippen molar-refractivity contribution in [3.8, 4) is 11.1 Å². The molecule has 2 amide bonds. The molecule has 1 aliphatic rings. The zero-order chi connectivity index (χ0) is 25.5. The molecule has 35 heavy (non-hydrogen) atoms. The fraction of sp³-hybridized carbons (Fsp3) is 0.261. The number of methoxy groups -OCH3 is 1. The number of esters is 1. The maximum absolute atomic E-state index is 14.2. The molecule has 0 spiro atoms. The Kier molecular flexibility index (Phi) is 6.60. The average Bonchev–Trinajstić information content (AvgIpc) is 3.22. The molecular weight excluding hydrogens is 500 g/mol. The molecule has 184 valence electrons. The van der Waals surface area contributed by atoms with Gasteiger partial charge in [0, 0.05) is 30.6 Å². The van der Waals surface area contributed by atoms with Crippen LogP contribution in [0.15, 0.2) is 46.7 Å². The first-order valence-electron chi connectivity index (χ1n) is 10.4. The van der Waals surface area contributed by atoms with Gasteiger partial charge in [0.25, 0.3) is 0 Å². The minimum Gasteiger partial charge on any atom is -0.469 e. The van der Waals surface area contributed by atoms with E-state index in [1.165, 1.54) is 23.8 Å². The van der Waals surface area contributed by atoms with Crippen LogP contribution in [-0.2, 0) is 19.4 Å². The van der Waals surface area contributed by atoms with Gasteiger partial charge in [-0.1, -0.05) is 23.5 Å². The molecule has 0 N–H and O–H groups in total. The van der Waals surface area contributed by atoms with Gasteiger partial charge in [0.1, 0.15) is 15.8 Å². The molecule has 4 rings (SSSR count). The number of anilines is 2. The minimum atomic E-state index is -3.55. The molecule has 0 aliphatic carbocycles. The fourth-order valence-corrected chi connectivity index (χ4v) is 6.08. The summed E-state index contributed by atoms with van der Waals surface area (Å²) in [6, 6.07) is 8.83. The number of carbonyl (C=O) groups excluding carboxylic acids is 2. The van der Waals surface area contributed by atoms with Crippen LogP contribution < -0.4 is 9.80 Å². The summed E-state index contributed by atoms with van der Waals surface area (Å²) >= 11 is 0.848. The van der Waals surface area contributed by atoms with Crippen LogP contribution >= 0.6 is 11.3 Å². The summed E-state index contributed by atoms with van der Waals surface area (Å²) in [5.74, 6) is -2.45. The summed E-state index contributed by atoms with van der Waals surface area (Å²) in [5.41, 5.74) is 1.14. The second kappa shape index (κ2) is 9.34. The number of urea groups is 1. The lowest BCUT2D eigenvalue weighted by atomic mass is 10.0. The van der Waals surface area contributed by atoms with Gasteiger partial charge in [0.15, 0.2) is 15.0 Å². The summed E-state index contributed by atoms with van der Waals surface area (Å²) in [7, 11) is -2.31. The van der Waals surface area contributed by atoms with Gasteiger partial charge >= 0.3 is 12.0 Å². The van der Waals surface area contributed by atoms with E-state index < -0.39 is 39.4 Å². The lowest BCUT2D eigenvalue weighted by Crippen LogP contribution is -2.56. The predicted molar refractivity (Wildman–Crippen MR) is 127 cm³/mol. The monoisotopic (exact) mass is 521 g/mol. The van der Waals surface area contributed by atoms with Gasteiger partial charge < -0.3 is 4.74 Å². The number of aryl methyl sites for hydroxylation is 1. The lowest BCUT2D eigenvalue weighted by Gasteiger charge is -2.37. The Morgan fingerprint density at radius 3 is 2.37 bits per heavy atom. The molecule has 1 aliphatic heterocycles. The molecule has 1 fully saturated rings. The van der Waals surface area contributed by atoms with E-state index in [2.05, 4.69) is 4.98 Å². The first-order valence-corrected chi connectivity index (χ1v) is 13.1. The highest BCUT2D eigenvalue weighted by molar-refractivity contribution is 7.92. The molecule has 2 heterocycles. The molecule has 1 unspecified atom stereocenters. The highest BCUT2D eigenvalue weighted by Gasteiger charge is 2.39. The van der Waals surface area contributed by atoms with E-state index in [0.717, 1.165) is 35.8 Å². The van der Waals surface area contributed by atoms with E-state index >= 15 is 0 Å². The summed E-state index contributed by atoms with van der Waals surface area (Å²) < 4.78 is 56.8. The molecular formula is C23H21F2N3O5S2. The van der Waals surface area contributed by atoms with Crippen LogP contribution in [0.3, 0.4) is 0 Å². The van der Waals surface area contributed by atoms with Crippen molar-refractivity contribution < 1.29 is 31.5 Å². The van der Waals surface area contributed by atoms with Crippen molar-refractivity contribution in [3.05, 3.63) is 59.8 Å². The van der Waals surface area contributed by atoms with Gasteiger partial charge in [-0.2, -0.15) is 0 Å². The molecule has 8 nitrogen and oxygen atoms in total. The van der Waals surface area contributed by atoms with E-state index in [9.17, 15) is 26.8 Å². The van der Waals surface area contributed by atoms with Crippen molar-refractivity contribution in [2.45, 2.75) is 11.1 Å². The van der Waals surface area contributed by atoms with Crippen LogP contribution in [0.4, 0.5) is 24.4 Å². The maximum Gasteiger partial charge on any atom is 0.330 e. The van der Waals surface area contributed by atoms with E-state index in [1.54, 1.807) is 24.3 Å². The van der Waals surface area contributed by atoms with Crippen molar-refractivity contribution in [1.29, 1.82) is 0 Å². The Morgan fingerprint density at radius 2 is 1.77 bits per heavy atom. The first-order chi connectivity index (χ1) is 16.5. The molecule has 12 heteroatoms. The quantitative estimate of drug-likeness (QED) is 0.471. The highest BCUT2D eigenvalue weighted by Crippen LogP contribution is 2.34. The number of hydrogen-bond donors (Lipinski definition) is 0. The fourth-order valence-electron chi connectivity index (χ4n) is 3.86. The summed E-state index contributed by atoms with van der Waals surface area (Å²) in [6.45, 7) is 1.51. The van der Waals surface area contributed by atoms with Crippen LogP contribution in [0.2, 0.25) is 0 Å². The average molecular weight is 522 g/mol. The molecule has 1 atom stereocenters. The second-order valence-electron chi connectivity index (χ2n) is 8.04. The van der Waals surface area contributed by atoms with Crippen LogP contribution in [0.1, 0.15) is 5.69 Å². The van der Waals surface area contributed by atoms with Crippen molar-refractivity contribution >= 4 is 44.0 Å². The number of rotatable bonds is 5. The van der Waals surface area contributed by atoms with Crippen LogP contribution in [-0.4, -0.2) is 51.9 Å². The van der Waals surface area contributed by atoms with Crippen LogP contribution in [0, 0.1) is 24.5 Å². The number of aromatic nitrogens is 1. The van der Waals surface area contributed by atoms with E-state index in [-0.39, 0.29) is 33.7 Å². The Hall–Kier alpha value is -3.38. The van der Waals surface area contributed by atoms with Gasteiger partial charge in [-0.3, -0.25) is 14.6 Å². The third-order valence-electron chi connectivity index (χ3n) is 5.53. The SMILES string of the molecule is COC(=O)C1CN(c2ccc(-c3cc(F)ccc3F)cc2)C(=O)N(c2nc(C)c(S(C)(=O)=O)s2)C1. The van der Waals surface area contributed by atoms with Crippen molar-refractivity contribution in [2.75, 3.05) is 36.3 Å². The molecule has 3 aromatic rings. The van der Waals surface area contributed by atoms with Gasteiger partial charge in [0.05, 0.1) is 18.7 Å². The largest absolute Gasteiger partial charge is 0.469 e. The zero-order valence-electron chi connectivity index (χ0n) is 19.0. The highest BCUT2D eigenvalue weighted by atomic mass is 32.2. The number of ether oxygens (including phenoxy) is 1. The number of halogens is 2. The minimum absolute atomic E-state index is 0.0129. The molecule has 0 radical (unpaired) electrons. The van der Waals surface area contributed by atoms with Crippen molar-refractivity contribution in [1.82, 2.24) is 4.98 Å². The number of benzene rings is 2. The summed E-state index contributed by atoms with van der Waals surface area (Å²) in [4.78, 5) is 32.7. The Morgan fingerprint density at radius 1 is 1.11 bits per heavy atom. The third-order valence-corrected chi connectivity index (χ3v) is 8.63. The van der Waals surface area contributed by atoms with E-state index in [0.29, 0.717) is 11.3 Å². The van der Waals surface area contributed by atoms with E-state index in [4.69, 9.17) is 4.74 Å². The smallest absolute Gasteiger partial charge is 0.330 e. The van der Waals surface area contributed by atoms with Gasteiger partial charge in [-0.15, -0.1) is 0 Å². The van der Waals surface area contributed by atoms with Crippen LogP contribution in [0.25, 0.3) is 11.1 Å². The molecule has 1 saturated heterocycles. The number of sulfone groups is 1. The number of nitrogens with zero attached hydrogens (tertiary/aromatic N) is 3. The molecule has 0 saturated carbocycles. The first kappa shape index (κ1) is 24.7. The third kappa shape index (κ3) is 4.89. The predicted octanol–water partition coefficient (Wildman–Crippen LogP) is 4.04. The lowest BCUT2D eigenvalue weighted by molar-refractivity contribution is -0.144.